The first-order valence-electron chi connectivity index (χ1n) is 5.52. The van der Waals surface area contributed by atoms with Crippen molar-refractivity contribution in [3.05, 3.63) is 48.2 Å². The zero-order valence-corrected chi connectivity index (χ0v) is 9.51. The lowest BCUT2D eigenvalue weighted by Crippen LogP contribution is -1.81. The topological polar surface area (TPSA) is 48.9 Å². The van der Waals surface area contributed by atoms with Crippen LogP contribution in [-0.2, 0) is 0 Å². The molecule has 0 fully saturated rings. The molecule has 0 aliphatic heterocycles. The average molecular weight is 234 g/mol. The predicted molar refractivity (Wildman–Crippen MR) is 71.1 cm³/mol. The van der Waals surface area contributed by atoms with Gasteiger partial charge in [-0.2, -0.15) is 5.10 Å². The van der Waals surface area contributed by atoms with Crippen LogP contribution in [0.25, 0.3) is 22.0 Å². The maximum absolute atomic E-state index is 10.3. The summed E-state index contributed by atoms with van der Waals surface area (Å²) in [6, 6.07) is 13.2. The van der Waals surface area contributed by atoms with Crippen LogP contribution in [-0.4, -0.2) is 15.3 Å². The van der Waals surface area contributed by atoms with E-state index in [2.05, 4.69) is 16.1 Å². The lowest BCUT2D eigenvalue weighted by atomic mass is 10.0. The average Bonchev–Trinajstić information content (AvgIpc) is 2.88. The molecule has 3 rings (SSSR count). The molecule has 18 heavy (non-hydrogen) atoms. The van der Waals surface area contributed by atoms with Crippen LogP contribution in [0.5, 0.6) is 5.75 Å². The molecule has 0 bridgehead atoms. The van der Waals surface area contributed by atoms with Crippen LogP contribution in [0.15, 0.2) is 42.5 Å². The zero-order valence-electron chi connectivity index (χ0n) is 9.51. The Labute approximate surface area is 104 Å². The van der Waals surface area contributed by atoms with Crippen molar-refractivity contribution in [3.8, 4) is 29.4 Å². The van der Waals surface area contributed by atoms with Crippen LogP contribution in [0.1, 0.15) is 5.69 Å². The molecule has 2 aromatic carbocycles. The highest BCUT2D eigenvalue weighted by molar-refractivity contribution is 5.94. The molecule has 1 heterocycles. The van der Waals surface area contributed by atoms with Gasteiger partial charge in [0.1, 0.15) is 11.4 Å². The normalized spacial score (nSPS) is 10.4. The van der Waals surface area contributed by atoms with Gasteiger partial charge in [0.15, 0.2) is 0 Å². The summed E-state index contributed by atoms with van der Waals surface area (Å²) in [6.07, 6.45) is 5.29. The number of rotatable bonds is 1. The van der Waals surface area contributed by atoms with Gasteiger partial charge in [-0.05, 0) is 17.5 Å². The third kappa shape index (κ3) is 1.52. The lowest BCUT2D eigenvalue weighted by molar-refractivity contribution is 0.483. The molecule has 1 aromatic heterocycles. The van der Waals surface area contributed by atoms with Crippen LogP contribution < -0.4 is 0 Å². The number of phenols is 1. The standard InChI is InChI=1S/C15H10N2O/c1-2-11-9-14(17-16-11)13-8-7-10-5-3-4-6-12(10)15(13)18/h1,3-9,18H,(H,16,17). The van der Waals surface area contributed by atoms with Gasteiger partial charge in [-0.3, -0.25) is 5.10 Å². The second-order valence-electron chi connectivity index (χ2n) is 3.99. The minimum Gasteiger partial charge on any atom is -0.507 e. The molecular weight excluding hydrogens is 224 g/mol. The van der Waals surface area contributed by atoms with E-state index < -0.39 is 0 Å². The molecule has 86 valence electrons. The van der Waals surface area contributed by atoms with Crippen molar-refractivity contribution in [2.45, 2.75) is 0 Å². The monoisotopic (exact) mass is 234 g/mol. The Morgan fingerprint density at radius 1 is 1.17 bits per heavy atom. The molecule has 0 saturated carbocycles. The van der Waals surface area contributed by atoms with E-state index in [1.54, 1.807) is 6.07 Å². The van der Waals surface area contributed by atoms with Crippen molar-refractivity contribution < 1.29 is 5.11 Å². The highest BCUT2D eigenvalue weighted by Crippen LogP contribution is 2.34. The smallest absolute Gasteiger partial charge is 0.132 e. The first-order chi connectivity index (χ1) is 8.79. The van der Waals surface area contributed by atoms with E-state index in [0.29, 0.717) is 17.0 Å². The molecule has 0 atom stereocenters. The molecular formula is C15H10N2O. The van der Waals surface area contributed by atoms with Gasteiger partial charge in [0.05, 0.1) is 5.69 Å². The van der Waals surface area contributed by atoms with E-state index in [0.717, 1.165) is 10.8 Å². The Morgan fingerprint density at radius 3 is 2.78 bits per heavy atom. The van der Waals surface area contributed by atoms with Gasteiger partial charge in [0.25, 0.3) is 0 Å². The first-order valence-corrected chi connectivity index (χ1v) is 5.52. The number of benzene rings is 2. The molecule has 0 amide bonds. The lowest BCUT2D eigenvalue weighted by Gasteiger charge is -2.05. The Bertz CT molecular complexity index is 766. The molecule has 0 radical (unpaired) electrons. The highest BCUT2D eigenvalue weighted by atomic mass is 16.3. The number of terminal acetylenes is 1. The van der Waals surface area contributed by atoms with E-state index >= 15 is 0 Å². The predicted octanol–water partition coefficient (Wildman–Crippen LogP) is 2.92. The van der Waals surface area contributed by atoms with Gasteiger partial charge in [0, 0.05) is 10.9 Å². The van der Waals surface area contributed by atoms with E-state index in [9.17, 15) is 5.11 Å². The number of nitrogens with zero attached hydrogens (tertiary/aromatic N) is 1. The van der Waals surface area contributed by atoms with Crippen molar-refractivity contribution in [1.29, 1.82) is 0 Å². The molecule has 2 N–H and O–H groups in total. The third-order valence-corrected chi connectivity index (χ3v) is 2.91. The van der Waals surface area contributed by atoms with Crippen LogP contribution in [0.2, 0.25) is 0 Å². The number of aromatic hydroxyl groups is 1. The van der Waals surface area contributed by atoms with Gasteiger partial charge >= 0.3 is 0 Å². The largest absolute Gasteiger partial charge is 0.507 e. The fourth-order valence-electron chi connectivity index (χ4n) is 2.00. The number of hydrogen-bond acceptors (Lipinski definition) is 2. The quantitative estimate of drug-likeness (QED) is 0.636. The Morgan fingerprint density at radius 2 is 2.00 bits per heavy atom. The third-order valence-electron chi connectivity index (χ3n) is 2.91. The zero-order chi connectivity index (χ0) is 12.5. The Kier molecular flexibility index (Phi) is 2.28. The van der Waals surface area contributed by atoms with Gasteiger partial charge in [-0.25, -0.2) is 0 Å². The van der Waals surface area contributed by atoms with Gasteiger partial charge < -0.3 is 5.11 Å². The van der Waals surface area contributed by atoms with E-state index in [4.69, 9.17) is 6.42 Å². The SMILES string of the molecule is C#Cc1cc(-c2ccc3ccccc3c2O)n[nH]1. The number of aromatic nitrogens is 2. The van der Waals surface area contributed by atoms with Crippen molar-refractivity contribution in [3.63, 3.8) is 0 Å². The number of nitrogens with one attached hydrogen (secondary N) is 1. The number of phenolic OH excluding ortho intramolecular Hbond substituents is 1. The second-order valence-corrected chi connectivity index (χ2v) is 3.99. The fourth-order valence-corrected chi connectivity index (χ4v) is 2.00. The maximum atomic E-state index is 10.3. The molecule has 0 saturated heterocycles. The summed E-state index contributed by atoms with van der Waals surface area (Å²) in [4.78, 5) is 0. The van der Waals surface area contributed by atoms with Crippen molar-refractivity contribution >= 4 is 10.8 Å². The number of hydrogen-bond donors (Lipinski definition) is 2. The number of fused-ring (bicyclic) bond motifs is 1. The molecule has 0 spiro atoms. The minimum atomic E-state index is 0.225. The molecule has 0 unspecified atom stereocenters. The molecule has 3 aromatic rings. The number of aromatic amines is 1. The van der Waals surface area contributed by atoms with E-state index in [-0.39, 0.29) is 5.75 Å². The van der Waals surface area contributed by atoms with Crippen molar-refractivity contribution in [2.24, 2.45) is 0 Å². The fraction of sp³-hybridized carbons (Fsp3) is 0. The second kappa shape index (κ2) is 3.94. The van der Waals surface area contributed by atoms with Crippen LogP contribution >= 0.6 is 0 Å². The summed E-state index contributed by atoms with van der Waals surface area (Å²) in [5.74, 6) is 2.70. The Balaban J connectivity index is 2.24. The summed E-state index contributed by atoms with van der Waals surface area (Å²) in [5, 5.41) is 18.9. The molecule has 3 heteroatoms. The van der Waals surface area contributed by atoms with Crippen molar-refractivity contribution in [1.82, 2.24) is 10.2 Å². The highest BCUT2D eigenvalue weighted by Gasteiger charge is 2.10. The van der Waals surface area contributed by atoms with Crippen molar-refractivity contribution in [2.75, 3.05) is 0 Å². The van der Waals surface area contributed by atoms with Gasteiger partial charge in [-0.15, -0.1) is 6.42 Å². The summed E-state index contributed by atoms with van der Waals surface area (Å²) in [5.41, 5.74) is 1.91. The Hall–Kier alpha value is -2.73. The van der Waals surface area contributed by atoms with Crippen LogP contribution in [0, 0.1) is 12.3 Å². The summed E-state index contributed by atoms with van der Waals surface area (Å²) < 4.78 is 0. The van der Waals surface area contributed by atoms with Crippen LogP contribution in [0.3, 0.4) is 0 Å². The molecule has 3 nitrogen and oxygen atoms in total. The maximum Gasteiger partial charge on any atom is 0.132 e. The van der Waals surface area contributed by atoms with Gasteiger partial charge in [-0.1, -0.05) is 36.3 Å². The van der Waals surface area contributed by atoms with Gasteiger partial charge in [0.2, 0.25) is 0 Å². The van der Waals surface area contributed by atoms with E-state index in [1.165, 1.54) is 0 Å². The summed E-state index contributed by atoms with van der Waals surface area (Å²) >= 11 is 0. The van der Waals surface area contributed by atoms with Crippen LogP contribution in [0.4, 0.5) is 0 Å². The molecule has 0 aliphatic rings. The first kappa shape index (κ1) is 10.4. The summed E-state index contributed by atoms with van der Waals surface area (Å²) in [6.45, 7) is 0. The molecule has 0 aliphatic carbocycles. The number of H-pyrrole nitrogens is 1. The minimum absolute atomic E-state index is 0.225. The van der Waals surface area contributed by atoms with E-state index in [1.807, 2.05) is 36.4 Å². The summed E-state index contributed by atoms with van der Waals surface area (Å²) in [7, 11) is 0.